The van der Waals surface area contributed by atoms with Crippen molar-refractivity contribution in [3.63, 3.8) is 0 Å². The fraction of sp³-hybridized carbons (Fsp3) is 0.417. The van der Waals surface area contributed by atoms with Crippen LogP contribution < -0.4 is 0 Å². The predicted octanol–water partition coefficient (Wildman–Crippen LogP) is 4.97. The van der Waals surface area contributed by atoms with Gasteiger partial charge >= 0.3 is 6.18 Å². The van der Waals surface area contributed by atoms with Gasteiger partial charge in [0.15, 0.2) is 5.13 Å². The van der Waals surface area contributed by atoms with Crippen molar-refractivity contribution < 1.29 is 18.0 Å². The Bertz CT molecular complexity index is 1110. The second-order valence-electron chi connectivity index (χ2n) is 8.79. The number of benzene rings is 1. The number of alkyl halides is 3. The Hall–Kier alpha value is -2.65. The summed E-state index contributed by atoms with van der Waals surface area (Å²) in [6.07, 6.45) is 1.54. The maximum Gasteiger partial charge on any atom is 0.416 e. The Morgan fingerprint density at radius 2 is 2.00 bits per heavy atom. The number of rotatable bonds is 5. The van der Waals surface area contributed by atoms with Gasteiger partial charge in [0, 0.05) is 62.1 Å². The molecule has 4 heterocycles. The summed E-state index contributed by atoms with van der Waals surface area (Å²) in [7, 11) is 0. The van der Waals surface area contributed by atoms with E-state index in [2.05, 4.69) is 20.5 Å². The van der Waals surface area contributed by atoms with Crippen molar-refractivity contribution >= 4 is 17.2 Å². The lowest BCUT2D eigenvalue weighted by molar-refractivity contribution is -0.142. The Balaban J connectivity index is 1.27. The minimum Gasteiger partial charge on any atom is -0.335 e. The first-order valence-electron chi connectivity index (χ1n) is 11.1. The molecule has 0 unspecified atom stereocenters. The van der Waals surface area contributed by atoms with E-state index in [0.29, 0.717) is 17.9 Å². The summed E-state index contributed by atoms with van der Waals surface area (Å²) in [5.41, 5.74) is 1.04. The molecule has 2 fully saturated rings. The highest BCUT2D eigenvalue weighted by atomic mass is 32.1. The average molecular weight is 475 g/mol. The van der Waals surface area contributed by atoms with E-state index in [4.69, 9.17) is 0 Å². The molecule has 174 valence electrons. The number of carbonyl (C=O) groups is 1. The van der Waals surface area contributed by atoms with Gasteiger partial charge in [0.05, 0.1) is 5.56 Å². The third-order valence-electron chi connectivity index (χ3n) is 6.68. The zero-order valence-corrected chi connectivity index (χ0v) is 18.9. The monoisotopic (exact) mass is 474 g/mol. The Morgan fingerprint density at radius 3 is 2.79 bits per heavy atom. The van der Waals surface area contributed by atoms with Crippen LogP contribution >= 0.6 is 11.3 Å². The number of aromatic nitrogens is 2. The largest absolute Gasteiger partial charge is 0.416 e. The van der Waals surface area contributed by atoms with Gasteiger partial charge in [-0.05, 0) is 48.6 Å². The van der Waals surface area contributed by atoms with Crippen LogP contribution in [0.15, 0.2) is 54.2 Å². The Kier molecular flexibility index (Phi) is 6.01. The number of hydrogen-bond acceptors (Lipinski definition) is 4. The van der Waals surface area contributed by atoms with Gasteiger partial charge in [-0.3, -0.25) is 14.3 Å². The zero-order valence-electron chi connectivity index (χ0n) is 18.0. The quantitative estimate of drug-likeness (QED) is 0.525. The summed E-state index contributed by atoms with van der Waals surface area (Å²) < 4.78 is 41.5. The summed E-state index contributed by atoms with van der Waals surface area (Å²) in [4.78, 5) is 21.4. The lowest BCUT2D eigenvalue weighted by Crippen LogP contribution is -2.55. The number of halogens is 3. The van der Waals surface area contributed by atoms with Gasteiger partial charge in [-0.1, -0.05) is 12.1 Å². The van der Waals surface area contributed by atoms with Crippen LogP contribution in [0.4, 0.5) is 13.2 Å². The third-order valence-corrected chi connectivity index (χ3v) is 7.45. The second kappa shape index (κ2) is 8.95. The molecule has 5 nitrogen and oxygen atoms in total. The van der Waals surface area contributed by atoms with E-state index in [1.54, 1.807) is 23.6 Å². The van der Waals surface area contributed by atoms with E-state index in [1.807, 2.05) is 22.5 Å². The summed E-state index contributed by atoms with van der Waals surface area (Å²) in [6, 6.07) is 9.54. The minimum atomic E-state index is -4.38. The summed E-state index contributed by atoms with van der Waals surface area (Å²) in [5, 5.41) is 2.91. The van der Waals surface area contributed by atoms with Crippen molar-refractivity contribution in [1.82, 2.24) is 19.4 Å². The highest BCUT2D eigenvalue weighted by molar-refractivity contribution is 7.12. The second-order valence-corrected chi connectivity index (χ2v) is 9.67. The molecule has 0 aliphatic carbocycles. The molecule has 0 spiro atoms. The molecule has 2 aromatic heterocycles. The number of carbonyl (C=O) groups excluding carboxylic acids is 1. The van der Waals surface area contributed by atoms with E-state index in [9.17, 15) is 18.0 Å². The van der Waals surface area contributed by atoms with E-state index < -0.39 is 11.7 Å². The van der Waals surface area contributed by atoms with Crippen LogP contribution in [0.1, 0.15) is 36.1 Å². The molecule has 2 atom stereocenters. The average Bonchev–Trinajstić information content (AvgIpc) is 3.47. The molecule has 0 bridgehead atoms. The number of hydrogen-bond donors (Lipinski definition) is 0. The Morgan fingerprint density at radius 1 is 1.12 bits per heavy atom. The minimum absolute atomic E-state index is 0.0414. The van der Waals surface area contributed by atoms with Gasteiger partial charge in [-0.15, -0.1) is 11.3 Å². The lowest BCUT2D eigenvalue weighted by Gasteiger charge is -2.47. The third kappa shape index (κ3) is 4.70. The van der Waals surface area contributed by atoms with Crippen LogP contribution in [0, 0.1) is 5.92 Å². The first kappa shape index (κ1) is 22.2. The first-order valence-corrected chi connectivity index (χ1v) is 12.0. The van der Waals surface area contributed by atoms with Crippen LogP contribution in [0.25, 0.3) is 5.13 Å². The molecule has 3 aromatic rings. The SMILES string of the molecule is O=C1CC[C@@H]2CN(Cc3cccn3-c3nccs3)CC[C@@H]2N1Cc1cccc(C(F)(F)F)c1. The van der Waals surface area contributed by atoms with Crippen LogP contribution in [-0.2, 0) is 24.1 Å². The van der Waals surface area contributed by atoms with Crippen molar-refractivity contribution in [2.45, 2.75) is 44.6 Å². The fourth-order valence-electron chi connectivity index (χ4n) is 5.11. The van der Waals surface area contributed by atoms with Crippen molar-refractivity contribution in [1.29, 1.82) is 0 Å². The Labute approximate surface area is 194 Å². The highest BCUT2D eigenvalue weighted by Crippen LogP contribution is 2.34. The molecule has 5 rings (SSSR count). The van der Waals surface area contributed by atoms with Crippen LogP contribution in [-0.4, -0.2) is 44.4 Å². The van der Waals surface area contributed by atoms with Crippen LogP contribution in [0.2, 0.25) is 0 Å². The van der Waals surface area contributed by atoms with Gasteiger partial charge in [0.1, 0.15) is 0 Å². The van der Waals surface area contributed by atoms with Gasteiger partial charge in [-0.2, -0.15) is 13.2 Å². The maximum atomic E-state index is 13.1. The molecule has 9 heteroatoms. The molecule has 2 saturated heterocycles. The molecule has 0 N–H and O–H groups in total. The topological polar surface area (TPSA) is 41.4 Å². The summed E-state index contributed by atoms with van der Waals surface area (Å²) >= 11 is 1.60. The molecular weight excluding hydrogens is 449 g/mol. The zero-order chi connectivity index (χ0) is 23.0. The molecule has 2 aliphatic heterocycles. The molecule has 0 radical (unpaired) electrons. The van der Waals surface area contributed by atoms with Crippen LogP contribution in [0.3, 0.4) is 0 Å². The number of thiazole rings is 1. The highest BCUT2D eigenvalue weighted by Gasteiger charge is 2.39. The predicted molar refractivity (Wildman–Crippen MR) is 120 cm³/mol. The number of fused-ring (bicyclic) bond motifs is 1. The number of amides is 1. The molecule has 1 amide bonds. The van der Waals surface area contributed by atoms with Crippen molar-refractivity contribution in [2.75, 3.05) is 13.1 Å². The first-order chi connectivity index (χ1) is 15.9. The summed E-state index contributed by atoms with van der Waals surface area (Å²) in [6.45, 7) is 2.75. The smallest absolute Gasteiger partial charge is 0.335 e. The normalized spacial score (nSPS) is 21.9. The van der Waals surface area contributed by atoms with Gasteiger partial charge < -0.3 is 4.90 Å². The van der Waals surface area contributed by atoms with Crippen LogP contribution in [0.5, 0.6) is 0 Å². The van der Waals surface area contributed by atoms with Crippen molar-refractivity contribution in [3.05, 3.63) is 71.0 Å². The number of nitrogens with zero attached hydrogens (tertiary/aromatic N) is 4. The fourth-order valence-corrected chi connectivity index (χ4v) is 5.77. The van der Waals surface area contributed by atoms with Crippen molar-refractivity contribution in [2.24, 2.45) is 5.92 Å². The number of piperidine rings is 2. The van der Waals surface area contributed by atoms with E-state index >= 15 is 0 Å². The molecule has 2 aliphatic rings. The molecule has 33 heavy (non-hydrogen) atoms. The standard InChI is InChI=1S/C24H25F3N4OS/c25-24(26,27)19-4-1-3-17(13-19)14-31-21-8-11-29(15-18(21)6-7-22(31)32)16-20-5-2-10-30(20)23-28-9-12-33-23/h1-5,9-10,12-13,18,21H,6-8,11,14-16H2/t18-,21+/m1/s1. The molecule has 1 aromatic carbocycles. The lowest BCUT2D eigenvalue weighted by atomic mass is 9.83. The van der Waals surface area contributed by atoms with E-state index in [1.165, 1.54) is 17.8 Å². The van der Waals surface area contributed by atoms with Gasteiger partial charge in [-0.25, -0.2) is 4.98 Å². The number of likely N-dealkylation sites (tertiary alicyclic amines) is 2. The van der Waals surface area contributed by atoms with Gasteiger partial charge in [0.25, 0.3) is 0 Å². The van der Waals surface area contributed by atoms with Crippen molar-refractivity contribution in [3.8, 4) is 5.13 Å². The molecular formula is C24H25F3N4OS. The van der Waals surface area contributed by atoms with E-state index in [0.717, 1.165) is 43.7 Å². The molecule has 0 saturated carbocycles. The maximum absolute atomic E-state index is 13.1. The summed E-state index contributed by atoms with van der Waals surface area (Å²) in [5.74, 6) is 0.366. The van der Waals surface area contributed by atoms with E-state index in [-0.39, 0.29) is 18.5 Å². The van der Waals surface area contributed by atoms with Gasteiger partial charge in [0.2, 0.25) is 5.91 Å².